The van der Waals surface area contributed by atoms with Gasteiger partial charge in [0.2, 0.25) is 0 Å². The Hall–Kier alpha value is -1.40. The Kier molecular flexibility index (Phi) is 4.23. The van der Waals surface area contributed by atoms with E-state index in [9.17, 15) is 18.7 Å². The second-order valence-electron chi connectivity index (χ2n) is 5.93. The number of hydrogen-bond acceptors (Lipinski definition) is 2. The van der Waals surface area contributed by atoms with E-state index in [0.29, 0.717) is 12.8 Å². The van der Waals surface area contributed by atoms with Crippen LogP contribution in [0.25, 0.3) is 0 Å². The molecule has 1 aromatic rings. The monoisotopic (exact) mass is 330 g/mol. The number of carbonyl (C=O) groups excluding carboxylic acids is 1. The third-order valence-corrected chi connectivity index (χ3v) is 4.75. The lowest BCUT2D eigenvalue weighted by molar-refractivity contribution is 0.0541. The highest BCUT2D eigenvalue weighted by Crippen LogP contribution is 2.35. The fourth-order valence-corrected chi connectivity index (χ4v) is 3.59. The summed E-state index contributed by atoms with van der Waals surface area (Å²) in [5.41, 5.74) is 0.0552. The molecule has 2 saturated heterocycles. The Labute approximate surface area is 132 Å². The van der Waals surface area contributed by atoms with Gasteiger partial charge in [0.1, 0.15) is 11.6 Å². The molecule has 2 amide bonds. The Balaban J connectivity index is 1.65. The molecule has 2 fully saturated rings. The molecule has 2 unspecified atom stereocenters. The Bertz CT molecular complexity index is 585. The third kappa shape index (κ3) is 2.90. The van der Waals surface area contributed by atoms with Gasteiger partial charge in [0.05, 0.1) is 11.1 Å². The smallest absolute Gasteiger partial charge is 0.318 e. The van der Waals surface area contributed by atoms with Crippen molar-refractivity contribution in [1.29, 1.82) is 0 Å². The van der Waals surface area contributed by atoms with Crippen LogP contribution < -0.4 is 5.32 Å². The number of aliphatic hydroxyl groups is 1. The number of benzene rings is 1. The Morgan fingerprint density at radius 2 is 1.91 bits per heavy atom. The molecule has 7 heteroatoms. The van der Waals surface area contributed by atoms with E-state index in [1.807, 2.05) is 0 Å². The molecular weight excluding hydrogens is 314 g/mol. The molecule has 0 spiro atoms. The average molecular weight is 331 g/mol. The van der Waals surface area contributed by atoms with Crippen LogP contribution >= 0.6 is 11.6 Å². The number of halogens is 3. The minimum Gasteiger partial charge on any atom is -0.393 e. The number of piperidine rings is 1. The van der Waals surface area contributed by atoms with Crippen molar-refractivity contribution < 1.29 is 18.7 Å². The van der Waals surface area contributed by atoms with E-state index in [4.69, 9.17) is 11.6 Å². The van der Waals surface area contributed by atoms with Crippen molar-refractivity contribution in [3.8, 4) is 0 Å². The average Bonchev–Trinajstić information content (AvgIpc) is 2.73. The molecule has 0 aliphatic carbocycles. The van der Waals surface area contributed by atoms with Crippen LogP contribution in [0.3, 0.4) is 0 Å². The molecule has 2 heterocycles. The number of aliphatic hydroxyl groups excluding tert-OH is 1. The summed E-state index contributed by atoms with van der Waals surface area (Å²) in [5.74, 6) is -1.36. The summed E-state index contributed by atoms with van der Waals surface area (Å²) in [6.07, 6.45) is 2.55. The molecule has 2 N–H and O–H groups in total. The fourth-order valence-electron chi connectivity index (χ4n) is 3.44. The summed E-state index contributed by atoms with van der Waals surface area (Å²) in [7, 11) is 0. The first-order chi connectivity index (χ1) is 10.5. The Morgan fingerprint density at radius 3 is 2.55 bits per heavy atom. The highest BCUT2D eigenvalue weighted by molar-refractivity contribution is 6.30. The fraction of sp³-hybridized carbons (Fsp3) is 0.533. The molecule has 2 atom stereocenters. The lowest BCUT2D eigenvalue weighted by atomic mass is 10.0. The van der Waals surface area contributed by atoms with E-state index in [1.165, 1.54) is 0 Å². The molecule has 0 saturated carbocycles. The van der Waals surface area contributed by atoms with Gasteiger partial charge < -0.3 is 15.3 Å². The van der Waals surface area contributed by atoms with E-state index in [2.05, 4.69) is 5.32 Å². The van der Waals surface area contributed by atoms with Gasteiger partial charge in [0, 0.05) is 24.2 Å². The lowest BCUT2D eigenvalue weighted by Gasteiger charge is -2.37. The number of urea groups is 1. The zero-order valence-corrected chi connectivity index (χ0v) is 12.6. The SMILES string of the molecule is O=C(NCc1cc(F)c(Cl)cc1F)N1C2CCC1CC(O)C2. The first kappa shape index (κ1) is 15.5. The van der Waals surface area contributed by atoms with Gasteiger partial charge in [0.15, 0.2) is 0 Å². The summed E-state index contributed by atoms with van der Waals surface area (Å²) >= 11 is 5.50. The van der Waals surface area contributed by atoms with Crippen LogP contribution in [0.15, 0.2) is 12.1 Å². The van der Waals surface area contributed by atoms with Gasteiger partial charge in [-0.2, -0.15) is 0 Å². The van der Waals surface area contributed by atoms with Crippen molar-refractivity contribution in [2.45, 2.75) is 50.4 Å². The molecule has 4 nitrogen and oxygen atoms in total. The van der Waals surface area contributed by atoms with Gasteiger partial charge in [0.25, 0.3) is 0 Å². The van der Waals surface area contributed by atoms with Crippen LogP contribution in [-0.2, 0) is 6.54 Å². The second kappa shape index (κ2) is 6.01. The van der Waals surface area contributed by atoms with Crippen molar-refractivity contribution in [3.63, 3.8) is 0 Å². The number of nitrogens with one attached hydrogen (secondary N) is 1. The van der Waals surface area contributed by atoms with Crippen LogP contribution in [0.5, 0.6) is 0 Å². The van der Waals surface area contributed by atoms with Crippen molar-refractivity contribution in [1.82, 2.24) is 10.2 Å². The topological polar surface area (TPSA) is 52.6 Å². The zero-order valence-electron chi connectivity index (χ0n) is 11.9. The van der Waals surface area contributed by atoms with E-state index in [0.717, 1.165) is 25.0 Å². The van der Waals surface area contributed by atoms with Gasteiger partial charge in [-0.05, 0) is 37.8 Å². The predicted molar refractivity (Wildman–Crippen MR) is 77.5 cm³/mol. The first-order valence-corrected chi connectivity index (χ1v) is 7.71. The molecule has 22 heavy (non-hydrogen) atoms. The number of nitrogens with zero attached hydrogens (tertiary/aromatic N) is 1. The first-order valence-electron chi connectivity index (χ1n) is 7.33. The minimum atomic E-state index is -0.714. The quantitative estimate of drug-likeness (QED) is 0.819. The van der Waals surface area contributed by atoms with Crippen LogP contribution in [0.1, 0.15) is 31.2 Å². The maximum Gasteiger partial charge on any atom is 0.318 e. The highest BCUT2D eigenvalue weighted by atomic mass is 35.5. The molecule has 2 bridgehead atoms. The lowest BCUT2D eigenvalue weighted by Crippen LogP contribution is -2.51. The minimum absolute atomic E-state index is 0.0283. The summed E-state index contributed by atoms with van der Waals surface area (Å²) in [4.78, 5) is 14.0. The van der Waals surface area contributed by atoms with Crippen LogP contribution in [0, 0.1) is 11.6 Å². The van der Waals surface area contributed by atoms with Crippen molar-refractivity contribution >= 4 is 17.6 Å². The van der Waals surface area contributed by atoms with Gasteiger partial charge in [-0.15, -0.1) is 0 Å². The van der Waals surface area contributed by atoms with Gasteiger partial charge in [-0.25, -0.2) is 13.6 Å². The Morgan fingerprint density at radius 1 is 1.27 bits per heavy atom. The van der Waals surface area contributed by atoms with Crippen LogP contribution in [-0.4, -0.2) is 34.2 Å². The van der Waals surface area contributed by atoms with Crippen LogP contribution in [0.2, 0.25) is 5.02 Å². The van der Waals surface area contributed by atoms with E-state index >= 15 is 0 Å². The molecule has 1 aromatic carbocycles. The number of fused-ring (bicyclic) bond motifs is 2. The van der Waals surface area contributed by atoms with Crippen LogP contribution in [0.4, 0.5) is 13.6 Å². The summed E-state index contributed by atoms with van der Waals surface area (Å²) in [5, 5.41) is 12.1. The summed E-state index contributed by atoms with van der Waals surface area (Å²) < 4.78 is 27.1. The number of carbonyl (C=O) groups is 1. The highest BCUT2D eigenvalue weighted by Gasteiger charge is 2.42. The largest absolute Gasteiger partial charge is 0.393 e. The van der Waals surface area contributed by atoms with E-state index < -0.39 is 11.6 Å². The molecule has 0 radical (unpaired) electrons. The molecule has 2 aliphatic heterocycles. The summed E-state index contributed by atoms with van der Waals surface area (Å²) in [6, 6.07) is 1.65. The van der Waals surface area contributed by atoms with Gasteiger partial charge in [-0.3, -0.25) is 0 Å². The van der Waals surface area contributed by atoms with Crippen molar-refractivity contribution in [2.24, 2.45) is 0 Å². The molecule has 0 aromatic heterocycles. The predicted octanol–water partition coefficient (Wildman–Crippen LogP) is 2.82. The standard InChI is InChI=1S/C15H17ClF2N2O2/c16-12-6-13(17)8(3-14(12)18)7-19-15(22)20-9-1-2-10(20)5-11(21)4-9/h3,6,9-11,21H,1-2,4-5,7H2,(H,19,22). The number of rotatable bonds is 2. The maximum atomic E-state index is 13.7. The normalized spacial score (nSPS) is 27.1. The zero-order chi connectivity index (χ0) is 15.9. The second-order valence-corrected chi connectivity index (χ2v) is 6.34. The molecule has 120 valence electrons. The van der Waals surface area contributed by atoms with E-state index in [1.54, 1.807) is 4.90 Å². The maximum absolute atomic E-state index is 13.7. The molecular formula is C15H17ClF2N2O2. The number of amides is 2. The van der Waals surface area contributed by atoms with Crippen molar-refractivity contribution in [3.05, 3.63) is 34.4 Å². The number of hydrogen-bond donors (Lipinski definition) is 2. The molecule has 3 rings (SSSR count). The summed E-state index contributed by atoms with van der Waals surface area (Å²) in [6.45, 7) is -0.1000. The van der Waals surface area contributed by atoms with Crippen molar-refractivity contribution in [2.75, 3.05) is 0 Å². The molecule has 2 aliphatic rings. The van der Waals surface area contributed by atoms with Gasteiger partial charge in [-0.1, -0.05) is 11.6 Å². The van der Waals surface area contributed by atoms with E-state index in [-0.39, 0.29) is 41.3 Å². The third-order valence-electron chi connectivity index (χ3n) is 4.46. The van der Waals surface area contributed by atoms with Gasteiger partial charge >= 0.3 is 6.03 Å².